The van der Waals surface area contributed by atoms with Crippen LogP contribution >= 0.6 is 11.3 Å². The molecular weight excluding hydrogens is 514 g/mol. The number of fused-ring (bicyclic) bond motifs is 1. The Kier molecular flexibility index (Phi) is 9.61. The van der Waals surface area contributed by atoms with Gasteiger partial charge in [-0.05, 0) is 56.8 Å². The summed E-state index contributed by atoms with van der Waals surface area (Å²) in [7, 11) is -0.116. The van der Waals surface area contributed by atoms with E-state index in [4.69, 9.17) is 7.21 Å². The topological polar surface area (TPSA) is 142 Å². The lowest BCUT2D eigenvalue weighted by Gasteiger charge is -2.29. The van der Waals surface area contributed by atoms with Crippen LogP contribution in [0.3, 0.4) is 0 Å². The second-order valence-corrected chi connectivity index (χ2v) is 10.4. The number of carbonyl (C=O) groups excluding carboxylic acids is 3. The summed E-state index contributed by atoms with van der Waals surface area (Å²) in [5.74, 6) is 4.39. The number of carbonyl (C=O) groups is 3. The van der Waals surface area contributed by atoms with Gasteiger partial charge in [-0.15, -0.1) is 11.3 Å². The van der Waals surface area contributed by atoms with Gasteiger partial charge in [-0.1, -0.05) is 42.5 Å². The number of ketones is 1. The molecule has 0 aliphatic carbocycles. The average Bonchev–Trinajstić information content (AvgIpc) is 3.64. The fourth-order valence-electron chi connectivity index (χ4n) is 4.77. The number of nitrogens with zero attached hydrogens (tertiary/aromatic N) is 3. The molecule has 4 rings (SSSR count). The van der Waals surface area contributed by atoms with Gasteiger partial charge in [0.2, 0.25) is 17.6 Å². The van der Waals surface area contributed by atoms with Crippen LogP contribution in [0.1, 0.15) is 42.4 Å². The van der Waals surface area contributed by atoms with Gasteiger partial charge in [-0.3, -0.25) is 19.4 Å². The van der Waals surface area contributed by atoms with Crippen molar-refractivity contribution in [3.63, 3.8) is 0 Å². The van der Waals surface area contributed by atoms with Crippen molar-refractivity contribution in [2.45, 2.75) is 50.2 Å². The molecule has 1 saturated heterocycles. The molecule has 2 amide bonds. The zero-order valence-corrected chi connectivity index (χ0v) is 22.5. The highest BCUT2D eigenvalue weighted by atomic mass is 32.1. The number of aliphatic imine (C=N–C) groups is 1. The maximum atomic E-state index is 13.6. The number of hydrogen-bond acceptors (Lipinski definition) is 8. The lowest BCUT2D eigenvalue weighted by molar-refractivity contribution is -0.140. The highest BCUT2D eigenvalue weighted by molar-refractivity contribution is 7.20. The summed E-state index contributed by atoms with van der Waals surface area (Å²) in [5, 5.41) is 6.23. The molecule has 1 aliphatic rings. The smallest absolute Gasteiger partial charge is 0.243 e. The van der Waals surface area contributed by atoms with Gasteiger partial charge in [0.25, 0.3) is 0 Å². The largest absolute Gasteiger partial charge is 0.344 e. The Balaban J connectivity index is 1.48. The quantitative estimate of drug-likeness (QED) is 0.0637. The summed E-state index contributed by atoms with van der Waals surface area (Å²) in [4.78, 5) is 50.9. The molecule has 0 radical (unpaired) electrons. The van der Waals surface area contributed by atoms with Gasteiger partial charge in [0, 0.05) is 14.5 Å². The molecule has 39 heavy (non-hydrogen) atoms. The number of likely N-dealkylation sites (tertiary alicyclic amines) is 1. The van der Waals surface area contributed by atoms with Crippen molar-refractivity contribution in [1.29, 1.82) is 0 Å². The van der Waals surface area contributed by atoms with E-state index < -0.39 is 18.1 Å². The normalized spacial score (nSPS) is 17.2. The number of benzene rings is 2. The van der Waals surface area contributed by atoms with E-state index in [9.17, 15) is 14.4 Å². The molecule has 0 bridgehead atoms. The van der Waals surface area contributed by atoms with Gasteiger partial charge in [-0.25, -0.2) is 10.8 Å². The van der Waals surface area contributed by atoms with Gasteiger partial charge in [0.1, 0.15) is 6.04 Å². The number of nitrogens with two attached hydrogens (primary N) is 1. The van der Waals surface area contributed by atoms with Crippen molar-refractivity contribution in [3.05, 3.63) is 65.2 Å². The third-order valence-corrected chi connectivity index (χ3v) is 7.80. The Morgan fingerprint density at radius 3 is 2.77 bits per heavy atom. The molecule has 5 N–H and O–H groups in total. The van der Waals surface area contributed by atoms with Gasteiger partial charge in [-0.2, -0.15) is 0 Å². The number of thiazole rings is 1. The number of Topliss-reactive ketones (excluding diaryl/α,β-unsaturated/α-hetero) is 1. The number of likely N-dealkylation sites (N-methyl/N-ethyl adjacent to an activating group) is 1. The molecule has 2 aromatic carbocycles. The number of amides is 2. The first-order valence-corrected chi connectivity index (χ1v) is 13.8. The summed E-state index contributed by atoms with van der Waals surface area (Å²) in [6, 6.07) is 15.0. The third-order valence-electron chi connectivity index (χ3n) is 6.75. The predicted molar refractivity (Wildman–Crippen MR) is 154 cm³/mol. The Labute approximate surface area is 233 Å². The van der Waals surface area contributed by atoms with Crippen molar-refractivity contribution >= 4 is 45.5 Å². The van der Waals surface area contributed by atoms with Crippen molar-refractivity contribution in [1.82, 2.24) is 25.9 Å². The monoisotopic (exact) mass is 550 g/mol. The first-order chi connectivity index (χ1) is 19.5. The number of hydrogen-bond donors (Lipinski definition) is 4. The molecule has 3 aromatic rings. The van der Waals surface area contributed by atoms with Crippen LogP contribution in [-0.2, 0) is 16.0 Å². The maximum absolute atomic E-state index is 13.6. The van der Waals surface area contributed by atoms with Gasteiger partial charge >= 0.3 is 0 Å². The van der Waals surface area contributed by atoms with E-state index in [0.717, 1.165) is 15.8 Å². The molecule has 1 aromatic heterocycles. The van der Waals surface area contributed by atoms with Crippen LogP contribution in [0.5, 0.6) is 0 Å². The van der Waals surface area contributed by atoms with E-state index >= 15 is 0 Å². The highest BCUT2D eigenvalue weighted by Gasteiger charge is 2.38. The minimum atomic E-state index is -0.807. The minimum absolute atomic E-state index is 0.116. The Morgan fingerprint density at radius 2 is 2.00 bits per heavy atom. The van der Waals surface area contributed by atoms with E-state index in [1.54, 1.807) is 4.90 Å². The van der Waals surface area contributed by atoms with E-state index in [0.29, 0.717) is 50.2 Å². The Bertz CT molecular complexity index is 1290. The molecule has 0 saturated carbocycles. The van der Waals surface area contributed by atoms with E-state index in [1.165, 1.54) is 17.7 Å². The first kappa shape index (κ1) is 26.9. The number of para-hydroxylation sites is 1. The van der Waals surface area contributed by atoms with Crippen LogP contribution in [0.25, 0.3) is 10.2 Å². The molecule has 11 heteroatoms. The Hall–Kier alpha value is -3.67. The minimum Gasteiger partial charge on any atom is -0.344 e. The maximum Gasteiger partial charge on any atom is 0.243 e. The second-order valence-electron chi connectivity index (χ2n) is 9.39. The summed E-state index contributed by atoms with van der Waals surface area (Å²) >= 11 is 1.30. The summed E-state index contributed by atoms with van der Waals surface area (Å²) in [6.07, 6.45) is 3.88. The van der Waals surface area contributed by atoms with Crippen LogP contribution in [0.4, 0.5) is 0 Å². The van der Waals surface area contributed by atoms with Crippen LogP contribution in [0.15, 0.2) is 59.6 Å². The van der Waals surface area contributed by atoms with E-state index in [1.807, 2.05) is 54.6 Å². The van der Waals surface area contributed by atoms with Crippen molar-refractivity contribution in [3.8, 4) is 0 Å². The number of hydrazine groups is 1. The molecule has 1 aliphatic heterocycles. The average molecular weight is 551 g/mol. The fourth-order valence-corrected chi connectivity index (χ4v) is 5.73. The number of aromatic nitrogens is 1. The van der Waals surface area contributed by atoms with E-state index in [2.05, 4.69) is 26.0 Å². The zero-order chi connectivity index (χ0) is 28.3. The second kappa shape index (κ2) is 13.9. The Morgan fingerprint density at radius 1 is 1.21 bits per heavy atom. The molecule has 1 unspecified atom stereocenters. The standard InChI is InChI=1S/C28H35N7O3S/c1-30-22(17-19-9-3-2-4-10-19)28(38)35-16-8-13-23(35)26(37)33-21(12-7-15-31-18-32-29)25(36)27-34-20-11-5-6-14-24(20)39-27/h2-6,9-11,14,18,21-23,30H,7-8,12-13,15-17,29H2,1H3,(H,31,32)(H,33,37)/t21?,22-,23-/m0/s1/i1D. The molecule has 3 atom stereocenters. The summed E-state index contributed by atoms with van der Waals surface area (Å²) in [5.41, 5.74) is 4.05. The lowest BCUT2D eigenvalue weighted by atomic mass is 10.0. The van der Waals surface area contributed by atoms with Gasteiger partial charge in [0.05, 0.1) is 28.6 Å². The number of nitrogens with one attached hydrogen (secondary N) is 3. The lowest BCUT2D eigenvalue weighted by Crippen LogP contribution is -2.54. The third kappa shape index (κ3) is 7.25. The molecular formula is C28H35N7O3S. The molecule has 0 spiro atoms. The molecule has 206 valence electrons. The SMILES string of the molecule is [2H]CN[C@@H](Cc1ccccc1)C(=O)N1CCC[C@H]1C(=O)NC(CCCN=CNN)C(=O)c1nc2ccccc2s1. The van der Waals surface area contributed by atoms with Crippen LogP contribution in [0.2, 0.25) is 0 Å². The van der Waals surface area contributed by atoms with E-state index in [-0.39, 0.29) is 24.6 Å². The van der Waals surface area contributed by atoms with Crippen LogP contribution in [0, 0.1) is 0 Å². The van der Waals surface area contributed by atoms with Crippen molar-refractivity contribution < 1.29 is 15.8 Å². The highest BCUT2D eigenvalue weighted by Crippen LogP contribution is 2.24. The van der Waals surface area contributed by atoms with Crippen LogP contribution < -0.4 is 21.9 Å². The first-order valence-electron chi connectivity index (χ1n) is 13.7. The molecule has 10 nitrogen and oxygen atoms in total. The van der Waals surface area contributed by atoms with Gasteiger partial charge < -0.3 is 21.0 Å². The summed E-state index contributed by atoms with van der Waals surface area (Å²) < 4.78 is 8.54. The number of rotatable bonds is 13. The molecule has 1 fully saturated rings. The van der Waals surface area contributed by atoms with Gasteiger partial charge in [0.15, 0.2) is 5.01 Å². The summed E-state index contributed by atoms with van der Waals surface area (Å²) in [6.45, 7) is 0.872. The van der Waals surface area contributed by atoms with Crippen LogP contribution in [-0.4, -0.2) is 72.1 Å². The van der Waals surface area contributed by atoms with Crippen molar-refractivity contribution in [2.75, 3.05) is 20.1 Å². The zero-order valence-electron chi connectivity index (χ0n) is 22.7. The fraction of sp³-hybridized carbons (Fsp3) is 0.393. The molecule has 2 heterocycles. The van der Waals surface area contributed by atoms with Crippen molar-refractivity contribution in [2.24, 2.45) is 10.8 Å². The predicted octanol–water partition coefficient (Wildman–Crippen LogP) is 2.06.